The fourth-order valence-corrected chi connectivity index (χ4v) is 3.11. The summed E-state index contributed by atoms with van der Waals surface area (Å²) in [5.74, 6) is 2.80. The molecule has 2 unspecified atom stereocenters. The number of aliphatic hydroxyl groups excluding tert-OH is 1. The van der Waals surface area contributed by atoms with Crippen LogP contribution in [0.25, 0.3) is 0 Å². The molecule has 2 heterocycles. The van der Waals surface area contributed by atoms with Gasteiger partial charge in [-0.3, -0.25) is 4.98 Å². The molecule has 0 aromatic carbocycles. The van der Waals surface area contributed by atoms with Crippen molar-refractivity contribution in [3.63, 3.8) is 0 Å². The zero-order valence-corrected chi connectivity index (χ0v) is 8.91. The van der Waals surface area contributed by atoms with Gasteiger partial charge in [0.2, 0.25) is 0 Å². The number of aromatic nitrogens is 1. The largest absolute Gasteiger partial charge is 0.392 e. The van der Waals surface area contributed by atoms with Crippen molar-refractivity contribution in [1.29, 1.82) is 0 Å². The fraction of sp³-hybridized carbons (Fsp3) is 0.545. The van der Waals surface area contributed by atoms with Crippen molar-refractivity contribution in [2.75, 3.05) is 11.5 Å². The van der Waals surface area contributed by atoms with E-state index in [2.05, 4.69) is 4.98 Å². The maximum absolute atomic E-state index is 9.96. The molecule has 1 aliphatic heterocycles. The Balaban J connectivity index is 1.90. The molecule has 1 saturated heterocycles. The normalized spacial score (nSPS) is 23.6. The lowest BCUT2D eigenvalue weighted by atomic mass is 9.96. The van der Waals surface area contributed by atoms with Crippen LogP contribution in [0.4, 0.5) is 0 Å². The molecule has 3 heteroatoms. The Morgan fingerprint density at radius 1 is 1.64 bits per heavy atom. The van der Waals surface area contributed by atoms with Crippen molar-refractivity contribution in [2.24, 2.45) is 5.92 Å². The summed E-state index contributed by atoms with van der Waals surface area (Å²) in [7, 11) is 0. The average Bonchev–Trinajstić information content (AvgIpc) is 2.72. The summed E-state index contributed by atoms with van der Waals surface area (Å²) in [5.41, 5.74) is 1.14. The Bertz CT molecular complexity index is 272. The van der Waals surface area contributed by atoms with Gasteiger partial charge in [-0.25, -0.2) is 0 Å². The standard InChI is InChI=1S/C11H15NOS/c13-11(10-3-5-14-8-10)6-9-2-1-4-12-7-9/h1-2,4,7,10-11,13H,3,5-6,8H2. The van der Waals surface area contributed by atoms with Crippen LogP contribution in [-0.2, 0) is 6.42 Å². The molecule has 1 aromatic rings. The molecule has 14 heavy (non-hydrogen) atoms. The predicted molar refractivity (Wildman–Crippen MR) is 59.4 cm³/mol. The van der Waals surface area contributed by atoms with Gasteiger partial charge in [0.1, 0.15) is 0 Å². The number of rotatable bonds is 3. The van der Waals surface area contributed by atoms with Crippen LogP contribution in [0.1, 0.15) is 12.0 Å². The maximum atomic E-state index is 9.96. The van der Waals surface area contributed by atoms with Crippen LogP contribution in [0, 0.1) is 5.92 Å². The van der Waals surface area contributed by atoms with E-state index in [0.29, 0.717) is 5.92 Å². The molecule has 1 aliphatic rings. The Kier molecular flexibility index (Phi) is 3.43. The van der Waals surface area contributed by atoms with Gasteiger partial charge in [-0.15, -0.1) is 0 Å². The van der Waals surface area contributed by atoms with Gasteiger partial charge in [-0.1, -0.05) is 6.07 Å². The van der Waals surface area contributed by atoms with Crippen molar-refractivity contribution in [1.82, 2.24) is 4.98 Å². The number of nitrogens with zero attached hydrogens (tertiary/aromatic N) is 1. The Hall–Kier alpha value is -0.540. The second kappa shape index (κ2) is 4.80. The van der Waals surface area contributed by atoms with Crippen molar-refractivity contribution >= 4 is 11.8 Å². The molecular formula is C11H15NOS. The molecule has 0 amide bonds. The molecule has 0 aliphatic carbocycles. The third-order valence-corrected chi connectivity index (χ3v) is 3.86. The molecule has 0 radical (unpaired) electrons. The first-order valence-corrected chi connectivity index (χ1v) is 6.16. The van der Waals surface area contributed by atoms with Crippen molar-refractivity contribution in [3.8, 4) is 0 Å². The topological polar surface area (TPSA) is 33.1 Å². The Morgan fingerprint density at radius 2 is 2.57 bits per heavy atom. The number of hydrogen-bond acceptors (Lipinski definition) is 3. The highest BCUT2D eigenvalue weighted by Crippen LogP contribution is 2.27. The molecule has 2 atom stereocenters. The van der Waals surface area contributed by atoms with Crippen LogP contribution in [0.2, 0.25) is 0 Å². The fourth-order valence-electron chi connectivity index (χ4n) is 1.78. The highest BCUT2D eigenvalue weighted by atomic mass is 32.2. The zero-order chi connectivity index (χ0) is 9.80. The molecule has 0 spiro atoms. The molecule has 2 rings (SSSR count). The van der Waals surface area contributed by atoms with Gasteiger partial charge in [-0.05, 0) is 35.5 Å². The van der Waals surface area contributed by atoms with Crippen molar-refractivity contribution < 1.29 is 5.11 Å². The lowest BCUT2D eigenvalue weighted by molar-refractivity contribution is 0.120. The van der Waals surface area contributed by atoms with E-state index < -0.39 is 0 Å². The summed E-state index contributed by atoms with van der Waals surface area (Å²) in [4.78, 5) is 4.05. The van der Waals surface area contributed by atoms with Gasteiger partial charge >= 0.3 is 0 Å². The van der Waals surface area contributed by atoms with Crippen LogP contribution >= 0.6 is 11.8 Å². The lowest BCUT2D eigenvalue weighted by Crippen LogP contribution is -2.22. The Morgan fingerprint density at radius 3 is 3.21 bits per heavy atom. The molecule has 0 saturated carbocycles. The van der Waals surface area contributed by atoms with Crippen LogP contribution in [0.15, 0.2) is 24.5 Å². The third-order valence-electron chi connectivity index (χ3n) is 2.68. The minimum Gasteiger partial charge on any atom is -0.392 e. The molecule has 0 bridgehead atoms. The van der Waals surface area contributed by atoms with Crippen molar-refractivity contribution in [2.45, 2.75) is 18.9 Å². The number of pyridine rings is 1. The average molecular weight is 209 g/mol. The first-order valence-electron chi connectivity index (χ1n) is 5.01. The lowest BCUT2D eigenvalue weighted by Gasteiger charge is -2.16. The third kappa shape index (κ3) is 2.49. The molecule has 76 valence electrons. The van der Waals surface area contributed by atoms with Gasteiger partial charge in [0, 0.05) is 18.8 Å². The van der Waals surface area contributed by atoms with Gasteiger partial charge in [0.05, 0.1) is 6.10 Å². The SMILES string of the molecule is OC(Cc1cccnc1)C1CCSC1. The van der Waals surface area contributed by atoms with E-state index in [1.165, 1.54) is 5.75 Å². The summed E-state index contributed by atoms with van der Waals surface area (Å²) >= 11 is 1.95. The summed E-state index contributed by atoms with van der Waals surface area (Å²) < 4.78 is 0. The van der Waals surface area contributed by atoms with Gasteiger partial charge < -0.3 is 5.11 Å². The summed E-state index contributed by atoms with van der Waals surface area (Å²) in [6.07, 6.45) is 5.33. The van der Waals surface area contributed by atoms with Crippen LogP contribution < -0.4 is 0 Å². The number of thioether (sulfide) groups is 1. The van der Waals surface area contributed by atoms with Gasteiger partial charge in [0.25, 0.3) is 0 Å². The van der Waals surface area contributed by atoms with Crippen LogP contribution in [-0.4, -0.2) is 27.7 Å². The van der Waals surface area contributed by atoms with E-state index in [1.807, 2.05) is 30.1 Å². The maximum Gasteiger partial charge on any atom is 0.0617 e. The minimum absolute atomic E-state index is 0.186. The molecular weight excluding hydrogens is 194 g/mol. The quantitative estimate of drug-likeness (QED) is 0.823. The summed E-state index contributed by atoms with van der Waals surface area (Å²) in [6, 6.07) is 3.95. The summed E-state index contributed by atoms with van der Waals surface area (Å²) in [6.45, 7) is 0. The second-order valence-electron chi connectivity index (χ2n) is 3.76. The van der Waals surface area contributed by atoms with E-state index in [1.54, 1.807) is 6.20 Å². The van der Waals surface area contributed by atoms with Gasteiger partial charge in [0.15, 0.2) is 0 Å². The Labute approximate surface area is 88.8 Å². The van der Waals surface area contributed by atoms with Crippen molar-refractivity contribution in [3.05, 3.63) is 30.1 Å². The smallest absolute Gasteiger partial charge is 0.0617 e. The second-order valence-corrected chi connectivity index (χ2v) is 4.91. The first kappa shape index (κ1) is 9.99. The predicted octanol–water partition coefficient (Wildman–Crippen LogP) is 1.74. The highest BCUT2D eigenvalue weighted by Gasteiger charge is 2.23. The summed E-state index contributed by atoms with van der Waals surface area (Å²) in [5, 5.41) is 9.96. The monoisotopic (exact) mass is 209 g/mol. The first-order chi connectivity index (χ1) is 6.86. The minimum atomic E-state index is -0.186. The molecule has 1 fully saturated rings. The zero-order valence-electron chi connectivity index (χ0n) is 8.10. The van der Waals surface area contributed by atoms with Crippen LogP contribution in [0.3, 0.4) is 0 Å². The van der Waals surface area contributed by atoms with E-state index in [-0.39, 0.29) is 6.10 Å². The highest BCUT2D eigenvalue weighted by molar-refractivity contribution is 7.99. The van der Waals surface area contributed by atoms with Gasteiger partial charge in [-0.2, -0.15) is 11.8 Å². The van der Waals surface area contributed by atoms with E-state index >= 15 is 0 Å². The molecule has 2 nitrogen and oxygen atoms in total. The number of aliphatic hydroxyl groups is 1. The molecule has 1 N–H and O–H groups in total. The molecule has 1 aromatic heterocycles. The van der Waals surface area contributed by atoms with E-state index in [9.17, 15) is 5.11 Å². The number of hydrogen-bond donors (Lipinski definition) is 1. The van der Waals surface area contributed by atoms with Crippen LogP contribution in [0.5, 0.6) is 0 Å². The van der Waals surface area contributed by atoms with E-state index in [0.717, 1.165) is 24.2 Å². The van der Waals surface area contributed by atoms with E-state index in [4.69, 9.17) is 0 Å².